The van der Waals surface area contributed by atoms with E-state index < -0.39 is 41.6 Å². The normalized spacial score (nSPS) is 20.2. The third kappa shape index (κ3) is 7.73. The topological polar surface area (TPSA) is 105 Å². The first-order valence-electron chi connectivity index (χ1n) is 14.5. The highest BCUT2D eigenvalue weighted by Crippen LogP contribution is 2.27. The number of aryl methyl sites for hydroxylation is 1. The van der Waals surface area contributed by atoms with Crippen LogP contribution in [0.5, 0.6) is 0 Å². The van der Waals surface area contributed by atoms with Gasteiger partial charge in [0.05, 0.1) is 12.6 Å². The van der Waals surface area contributed by atoms with Crippen LogP contribution in [0.2, 0.25) is 0 Å². The number of carbonyl (C=O) groups excluding carboxylic acids is 4. The molecule has 220 valence electrons. The highest BCUT2D eigenvalue weighted by molar-refractivity contribution is 5.92. The molecule has 0 saturated carbocycles. The number of nitrogens with one attached hydrogen (secondary N) is 1. The van der Waals surface area contributed by atoms with E-state index in [9.17, 15) is 19.2 Å². The lowest BCUT2D eigenvalue weighted by Crippen LogP contribution is -2.63. The van der Waals surface area contributed by atoms with Gasteiger partial charge in [0, 0.05) is 13.0 Å². The number of esters is 2. The molecule has 0 radical (unpaired) electrons. The third-order valence-corrected chi connectivity index (χ3v) is 7.30. The highest BCUT2D eigenvalue weighted by Gasteiger charge is 2.46. The molecule has 3 unspecified atom stereocenters. The second-order valence-corrected chi connectivity index (χ2v) is 11.6. The number of fused-ring (bicyclic) bond motifs is 1. The molecule has 2 fully saturated rings. The molecule has 2 heterocycles. The smallest absolute Gasteiger partial charge is 0.331 e. The van der Waals surface area contributed by atoms with E-state index in [1.54, 1.807) is 27.7 Å². The van der Waals surface area contributed by atoms with Gasteiger partial charge in [-0.1, -0.05) is 54.6 Å². The zero-order valence-corrected chi connectivity index (χ0v) is 24.4. The lowest BCUT2D eigenvalue weighted by molar-refractivity contribution is -0.188. The van der Waals surface area contributed by atoms with Crippen molar-refractivity contribution in [2.45, 2.75) is 89.9 Å². The predicted molar refractivity (Wildman–Crippen MR) is 154 cm³/mol. The molecule has 0 aliphatic carbocycles. The van der Waals surface area contributed by atoms with E-state index in [-0.39, 0.29) is 25.4 Å². The van der Waals surface area contributed by atoms with E-state index in [1.807, 2.05) is 30.3 Å². The molecule has 4 rings (SSSR count). The van der Waals surface area contributed by atoms with E-state index in [0.717, 1.165) is 16.7 Å². The summed E-state index contributed by atoms with van der Waals surface area (Å²) in [5, 5.41) is 5.86. The summed E-state index contributed by atoms with van der Waals surface area (Å²) < 4.78 is 10.9. The first kappa shape index (κ1) is 30.2. The number of amides is 2. The van der Waals surface area contributed by atoms with E-state index >= 15 is 0 Å². The summed E-state index contributed by atoms with van der Waals surface area (Å²) in [6.45, 7) is 7.61. The average Bonchev–Trinajstić information content (AvgIpc) is 3.07. The van der Waals surface area contributed by atoms with Crippen LogP contribution in [0.3, 0.4) is 0 Å². The predicted octanol–water partition coefficient (Wildman–Crippen LogP) is 4.05. The molecule has 9 heteroatoms. The maximum Gasteiger partial charge on any atom is 0.331 e. The van der Waals surface area contributed by atoms with E-state index in [2.05, 4.69) is 29.6 Å². The quantitative estimate of drug-likeness (QED) is 0.459. The molecule has 2 aromatic carbocycles. The Morgan fingerprint density at radius 2 is 1.68 bits per heavy atom. The number of hydrazine groups is 1. The van der Waals surface area contributed by atoms with Crippen LogP contribution >= 0.6 is 0 Å². The van der Waals surface area contributed by atoms with Crippen molar-refractivity contribution in [1.82, 2.24) is 15.3 Å². The van der Waals surface area contributed by atoms with Crippen LogP contribution in [-0.4, -0.2) is 70.6 Å². The van der Waals surface area contributed by atoms with Gasteiger partial charge in [0.15, 0.2) is 6.04 Å². The molecule has 0 spiro atoms. The summed E-state index contributed by atoms with van der Waals surface area (Å²) in [6, 6.07) is 15.8. The molecule has 41 heavy (non-hydrogen) atoms. The summed E-state index contributed by atoms with van der Waals surface area (Å²) in [4.78, 5) is 53.0. The van der Waals surface area contributed by atoms with Gasteiger partial charge in [0.1, 0.15) is 11.6 Å². The van der Waals surface area contributed by atoms with E-state index in [0.29, 0.717) is 32.2 Å². The highest BCUT2D eigenvalue weighted by atomic mass is 16.6. The lowest BCUT2D eigenvalue weighted by atomic mass is 9.99. The SMILES string of the molecule is CCOC(=O)C(CCc1ccc(-c2ccccc2)cc1)NC1CCC(=O)N2CCCC(C(=O)OC(C)(C)C)N2C1=O. The Morgan fingerprint density at radius 3 is 2.34 bits per heavy atom. The van der Waals surface area contributed by atoms with Gasteiger partial charge >= 0.3 is 11.9 Å². The van der Waals surface area contributed by atoms with Gasteiger partial charge in [0.25, 0.3) is 5.91 Å². The van der Waals surface area contributed by atoms with Crippen LogP contribution in [0.15, 0.2) is 54.6 Å². The molecule has 2 amide bonds. The molecule has 3 atom stereocenters. The fourth-order valence-electron chi connectivity index (χ4n) is 5.33. The molecule has 9 nitrogen and oxygen atoms in total. The molecule has 1 N–H and O–H groups in total. The number of ether oxygens (including phenoxy) is 2. The van der Waals surface area contributed by atoms with Crippen molar-refractivity contribution in [3.05, 3.63) is 60.2 Å². The second kappa shape index (κ2) is 13.3. The van der Waals surface area contributed by atoms with Crippen molar-refractivity contribution in [1.29, 1.82) is 0 Å². The van der Waals surface area contributed by atoms with E-state index in [4.69, 9.17) is 9.47 Å². The molecule has 2 aliphatic heterocycles. The van der Waals surface area contributed by atoms with Gasteiger partial charge in [-0.2, -0.15) is 0 Å². The molecular formula is C32H41N3O6. The van der Waals surface area contributed by atoms with Crippen molar-refractivity contribution >= 4 is 23.8 Å². The summed E-state index contributed by atoms with van der Waals surface area (Å²) in [5.41, 5.74) is 2.55. The van der Waals surface area contributed by atoms with Gasteiger partial charge in [-0.15, -0.1) is 0 Å². The number of hydrogen-bond acceptors (Lipinski definition) is 7. The van der Waals surface area contributed by atoms with Crippen LogP contribution in [0, 0.1) is 0 Å². The summed E-state index contributed by atoms with van der Waals surface area (Å²) in [7, 11) is 0. The van der Waals surface area contributed by atoms with E-state index in [1.165, 1.54) is 10.0 Å². The number of carbonyl (C=O) groups is 4. The Bertz CT molecular complexity index is 1220. The number of hydrogen-bond donors (Lipinski definition) is 1. The summed E-state index contributed by atoms with van der Waals surface area (Å²) >= 11 is 0. The Morgan fingerprint density at radius 1 is 1.00 bits per heavy atom. The van der Waals surface area contributed by atoms with Crippen LogP contribution in [0.4, 0.5) is 0 Å². The van der Waals surface area contributed by atoms with Crippen molar-refractivity contribution < 1.29 is 28.7 Å². The summed E-state index contributed by atoms with van der Waals surface area (Å²) in [5.74, 6) is -1.61. The average molecular weight is 564 g/mol. The Balaban J connectivity index is 1.49. The van der Waals surface area contributed by atoms with Crippen LogP contribution in [0.1, 0.15) is 65.4 Å². The van der Waals surface area contributed by atoms with Crippen molar-refractivity contribution in [2.24, 2.45) is 0 Å². The van der Waals surface area contributed by atoms with Crippen molar-refractivity contribution in [3.63, 3.8) is 0 Å². The van der Waals surface area contributed by atoms with Gasteiger partial charge in [-0.3, -0.25) is 24.7 Å². The van der Waals surface area contributed by atoms with Gasteiger partial charge < -0.3 is 9.47 Å². The van der Waals surface area contributed by atoms with Crippen LogP contribution in [-0.2, 0) is 35.1 Å². The van der Waals surface area contributed by atoms with Crippen molar-refractivity contribution in [3.8, 4) is 11.1 Å². The molecule has 0 aromatic heterocycles. The lowest BCUT2D eigenvalue weighted by Gasteiger charge is -2.43. The Kier molecular flexibility index (Phi) is 9.81. The second-order valence-electron chi connectivity index (χ2n) is 11.6. The third-order valence-electron chi connectivity index (χ3n) is 7.30. The molecule has 0 bridgehead atoms. The fraction of sp³-hybridized carbons (Fsp3) is 0.500. The summed E-state index contributed by atoms with van der Waals surface area (Å²) in [6.07, 6.45) is 2.32. The number of benzene rings is 2. The fourth-order valence-corrected chi connectivity index (χ4v) is 5.33. The maximum absolute atomic E-state index is 13.9. The van der Waals surface area contributed by atoms with Crippen molar-refractivity contribution in [2.75, 3.05) is 13.2 Å². The largest absolute Gasteiger partial charge is 0.465 e. The maximum atomic E-state index is 13.9. The van der Waals surface area contributed by atoms with Crippen LogP contribution < -0.4 is 5.32 Å². The molecule has 2 aromatic rings. The van der Waals surface area contributed by atoms with Crippen LogP contribution in [0.25, 0.3) is 11.1 Å². The Hall–Kier alpha value is -3.72. The molecule has 2 aliphatic rings. The zero-order chi connectivity index (χ0) is 29.6. The minimum absolute atomic E-state index is 0.122. The first-order valence-corrected chi connectivity index (χ1v) is 14.5. The van der Waals surface area contributed by atoms with Gasteiger partial charge in [0.2, 0.25) is 5.91 Å². The monoisotopic (exact) mass is 563 g/mol. The number of rotatable bonds is 9. The first-order chi connectivity index (χ1) is 19.6. The minimum atomic E-state index is -0.897. The number of nitrogens with zero attached hydrogens (tertiary/aromatic N) is 2. The molecule has 2 saturated heterocycles. The standard InChI is InChI=1S/C32H41N3O6/c1-5-40-30(38)26(18-15-22-13-16-24(17-14-22)23-10-7-6-8-11-23)33-25-19-20-28(36)34-21-9-12-27(35(34)29(25)37)31(39)41-32(2,3)4/h6-8,10-11,13-14,16-17,25-27,33H,5,9,12,15,18-21H2,1-4H3. The van der Waals surface area contributed by atoms with Gasteiger partial charge in [-0.25, -0.2) is 9.80 Å². The Labute approximate surface area is 242 Å². The zero-order valence-electron chi connectivity index (χ0n) is 24.4. The van der Waals surface area contributed by atoms with Gasteiger partial charge in [-0.05, 0) is 76.5 Å². The minimum Gasteiger partial charge on any atom is -0.465 e. The molecular weight excluding hydrogens is 522 g/mol.